The first-order chi connectivity index (χ1) is 11.3. The molecule has 0 bridgehead atoms. The number of nitrogens with zero attached hydrogens (tertiary/aromatic N) is 4. The minimum atomic E-state index is -0.108. The lowest BCUT2D eigenvalue weighted by Gasteiger charge is -2.22. The molecule has 7 heteroatoms. The second-order valence-electron chi connectivity index (χ2n) is 5.65. The fourth-order valence-electron chi connectivity index (χ4n) is 3.06. The quantitative estimate of drug-likeness (QED) is 0.799. The van der Waals surface area contributed by atoms with Crippen molar-refractivity contribution in [2.75, 3.05) is 11.9 Å². The number of likely N-dealkylation sites (tertiary alicyclic amines) is 1. The van der Waals surface area contributed by atoms with E-state index in [0.29, 0.717) is 11.7 Å². The Kier molecular flexibility index (Phi) is 3.80. The summed E-state index contributed by atoms with van der Waals surface area (Å²) in [6.45, 7) is 1.61. The van der Waals surface area contributed by atoms with E-state index >= 15 is 0 Å². The van der Waals surface area contributed by atoms with Crippen LogP contribution in [0.2, 0.25) is 0 Å². The third-order valence-corrected chi connectivity index (χ3v) is 4.80. The van der Waals surface area contributed by atoms with E-state index in [0.717, 1.165) is 30.7 Å². The minimum absolute atomic E-state index is 0.0289. The molecule has 6 nitrogen and oxygen atoms in total. The van der Waals surface area contributed by atoms with Crippen LogP contribution in [0, 0.1) is 0 Å². The lowest BCUT2D eigenvalue weighted by molar-refractivity contribution is -0.120. The first kappa shape index (κ1) is 14.3. The van der Waals surface area contributed by atoms with Gasteiger partial charge in [0, 0.05) is 30.5 Å². The summed E-state index contributed by atoms with van der Waals surface area (Å²) in [7, 11) is 0. The van der Waals surface area contributed by atoms with Gasteiger partial charge in [-0.25, -0.2) is 9.97 Å². The predicted molar refractivity (Wildman–Crippen MR) is 89.4 cm³/mol. The lowest BCUT2D eigenvalue weighted by Crippen LogP contribution is -2.39. The molecule has 1 unspecified atom stereocenters. The van der Waals surface area contributed by atoms with Crippen LogP contribution in [0.15, 0.2) is 42.2 Å². The van der Waals surface area contributed by atoms with Gasteiger partial charge in [0.1, 0.15) is 5.65 Å². The van der Waals surface area contributed by atoms with E-state index in [1.54, 1.807) is 6.20 Å². The highest BCUT2D eigenvalue weighted by molar-refractivity contribution is 7.13. The standard InChI is InChI=1S/C16H17N5OS/c22-15(19-16-17-6-9-23-16)13-4-3-8-20(13)10-12-11-21-7-2-1-5-14(21)18-12/h1-2,5-7,9,11,13H,3-4,8,10H2,(H,17,19,22). The predicted octanol–water partition coefficient (Wildman–Crippen LogP) is 2.39. The zero-order valence-corrected chi connectivity index (χ0v) is 13.4. The van der Waals surface area contributed by atoms with E-state index in [4.69, 9.17) is 0 Å². The second-order valence-corrected chi connectivity index (χ2v) is 6.55. The highest BCUT2D eigenvalue weighted by Gasteiger charge is 2.31. The molecule has 23 heavy (non-hydrogen) atoms. The van der Waals surface area contributed by atoms with Gasteiger partial charge in [0.25, 0.3) is 0 Å². The average molecular weight is 327 g/mol. The average Bonchev–Trinajstić information content (AvgIpc) is 3.26. The number of nitrogens with one attached hydrogen (secondary N) is 1. The first-order valence-electron chi connectivity index (χ1n) is 7.66. The summed E-state index contributed by atoms with van der Waals surface area (Å²) in [5, 5.41) is 5.43. The Balaban J connectivity index is 1.47. The molecule has 1 aliphatic rings. The summed E-state index contributed by atoms with van der Waals surface area (Å²) in [6.07, 6.45) is 7.63. The molecular formula is C16H17N5OS. The number of thiazole rings is 1. The Morgan fingerprint density at radius 2 is 2.39 bits per heavy atom. The third-order valence-electron chi connectivity index (χ3n) is 4.11. The number of amides is 1. The molecule has 1 fully saturated rings. The van der Waals surface area contributed by atoms with E-state index in [1.165, 1.54) is 11.3 Å². The number of carbonyl (C=O) groups is 1. The van der Waals surface area contributed by atoms with Crippen LogP contribution in [0.1, 0.15) is 18.5 Å². The minimum Gasteiger partial charge on any atom is -0.307 e. The van der Waals surface area contributed by atoms with Gasteiger partial charge in [0.15, 0.2) is 5.13 Å². The Morgan fingerprint density at radius 1 is 1.43 bits per heavy atom. The number of fused-ring (bicyclic) bond motifs is 1. The number of pyridine rings is 1. The first-order valence-corrected chi connectivity index (χ1v) is 8.54. The van der Waals surface area contributed by atoms with Crippen LogP contribution < -0.4 is 5.32 Å². The molecule has 1 atom stereocenters. The molecule has 4 heterocycles. The molecular weight excluding hydrogens is 310 g/mol. The molecule has 3 aromatic rings. The molecule has 3 aromatic heterocycles. The van der Waals surface area contributed by atoms with Crippen molar-refractivity contribution >= 4 is 28.0 Å². The summed E-state index contributed by atoms with van der Waals surface area (Å²) in [6, 6.07) is 5.84. The summed E-state index contributed by atoms with van der Waals surface area (Å²) in [5.74, 6) is 0.0289. The van der Waals surface area contributed by atoms with Gasteiger partial charge >= 0.3 is 0 Å². The van der Waals surface area contributed by atoms with E-state index in [1.807, 2.05) is 40.4 Å². The fraction of sp³-hybridized carbons (Fsp3) is 0.312. The summed E-state index contributed by atoms with van der Waals surface area (Å²) < 4.78 is 2.01. The zero-order valence-electron chi connectivity index (χ0n) is 12.6. The van der Waals surface area contributed by atoms with Crippen LogP contribution in [0.4, 0.5) is 5.13 Å². The second kappa shape index (κ2) is 6.10. The molecule has 0 aromatic carbocycles. The smallest absolute Gasteiger partial charge is 0.243 e. The van der Waals surface area contributed by atoms with Crippen LogP contribution in [0.3, 0.4) is 0 Å². The Bertz CT molecular complexity index is 780. The van der Waals surface area contributed by atoms with Gasteiger partial charge in [-0.2, -0.15) is 0 Å². The topological polar surface area (TPSA) is 62.5 Å². The van der Waals surface area contributed by atoms with Crippen molar-refractivity contribution < 1.29 is 4.79 Å². The van der Waals surface area contributed by atoms with Crippen molar-refractivity contribution in [3.63, 3.8) is 0 Å². The van der Waals surface area contributed by atoms with Gasteiger partial charge < -0.3 is 9.72 Å². The van der Waals surface area contributed by atoms with E-state index in [-0.39, 0.29) is 11.9 Å². The maximum Gasteiger partial charge on any atom is 0.243 e. The van der Waals surface area contributed by atoms with Crippen molar-refractivity contribution in [3.8, 4) is 0 Å². The third kappa shape index (κ3) is 2.97. The number of hydrogen-bond donors (Lipinski definition) is 1. The summed E-state index contributed by atoms with van der Waals surface area (Å²) >= 11 is 1.44. The molecule has 1 N–H and O–H groups in total. The number of carbonyl (C=O) groups excluding carboxylic acids is 1. The maximum atomic E-state index is 12.5. The highest BCUT2D eigenvalue weighted by Crippen LogP contribution is 2.22. The Hall–Kier alpha value is -2.25. The fourth-order valence-corrected chi connectivity index (χ4v) is 3.59. The molecule has 118 valence electrons. The number of aromatic nitrogens is 3. The Morgan fingerprint density at radius 3 is 3.22 bits per heavy atom. The van der Waals surface area contributed by atoms with E-state index < -0.39 is 0 Å². The molecule has 0 spiro atoms. The van der Waals surface area contributed by atoms with Gasteiger partial charge in [-0.1, -0.05) is 6.07 Å². The monoisotopic (exact) mass is 327 g/mol. The molecule has 1 amide bonds. The summed E-state index contributed by atoms with van der Waals surface area (Å²) in [4.78, 5) is 23.4. The number of anilines is 1. The number of hydrogen-bond acceptors (Lipinski definition) is 5. The van der Waals surface area contributed by atoms with Crippen LogP contribution in [0.5, 0.6) is 0 Å². The molecule has 4 rings (SSSR count). The van der Waals surface area contributed by atoms with Crippen molar-refractivity contribution in [2.24, 2.45) is 0 Å². The number of rotatable bonds is 4. The van der Waals surface area contributed by atoms with Crippen LogP contribution >= 0.6 is 11.3 Å². The maximum absolute atomic E-state index is 12.5. The molecule has 1 saturated heterocycles. The summed E-state index contributed by atoms with van der Waals surface area (Å²) in [5.41, 5.74) is 1.93. The lowest BCUT2D eigenvalue weighted by atomic mass is 10.2. The molecule has 1 aliphatic heterocycles. The Labute approximate surface area is 137 Å². The van der Waals surface area contributed by atoms with Gasteiger partial charge in [0.05, 0.1) is 11.7 Å². The van der Waals surface area contributed by atoms with E-state index in [2.05, 4.69) is 20.2 Å². The zero-order chi connectivity index (χ0) is 15.6. The molecule has 0 saturated carbocycles. The van der Waals surface area contributed by atoms with Crippen molar-refractivity contribution in [3.05, 3.63) is 47.9 Å². The van der Waals surface area contributed by atoms with Crippen molar-refractivity contribution in [1.82, 2.24) is 19.3 Å². The van der Waals surface area contributed by atoms with Crippen LogP contribution in [-0.2, 0) is 11.3 Å². The van der Waals surface area contributed by atoms with Crippen LogP contribution in [-0.4, -0.2) is 37.8 Å². The van der Waals surface area contributed by atoms with Gasteiger partial charge in [-0.3, -0.25) is 9.69 Å². The molecule has 0 radical (unpaired) electrons. The van der Waals surface area contributed by atoms with Crippen LogP contribution in [0.25, 0.3) is 5.65 Å². The highest BCUT2D eigenvalue weighted by atomic mass is 32.1. The van der Waals surface area contributed by atoms with E-state index in [9.17, 15) is 4.79 Å². The molecule has 0 aliphatic carbocycles. The van der Waals surface area contributed by atoms with Gasteiger partial charge in [-0.15, -0.1) is 11.3 Å². The normalized spacial score (nSPS) is 18.5. The SMILES string of the molecule is O=C(Nc1nccs1)C1CCCN1Cc1cn2ccccc2n1. The van der Waals surface area contributed by atoms with Crippen molar-refractivity contribution in [1.29, 1.82) is 0 Å². The largest absolute Gasteiger partial charge is 0.307 e. The van der Waals surface area contributed by atoms with Crippen molar-refractivity contribution in [2.45, 2.75) is 25.4 Å². The van der Waals surface area contributed by atoms with Gasteiger partial charge in [0.2, 0.25) is 5.91 Å². The van der Waals surface area contributed by atoms with Gasteiger partial charge in [-0.05, 0) is 31.5 Å². The number of imidazole rings is 1.